The minimum Gasteiger partial charge on any atom is -0.369 e. The highest BCUT2D eigenvalue weighted by atomic mass is 35.5. The lowest BCUT2D eigenvalue weighted by atomic mass is 9.74. The predicted octanol–water partition coefficient (Wildman–Crippen LogP) is 7.96. The monoisotopic (exact) mass is 785 g/mol. The van der Waals surface area contributed by atoms with Crippen LogP contribution in [0.2, 0.25) is 5.02 Å². The Morgan fingerprint density at radius 1 is 1.04 bits per heavy atom. The molecule has 3 heterocycles. The molecule has 1 aliphatic carbocycles. The zero-order valence-electron chi connectivity index (χ0n) is 28.5. The molecule has 2 aromatic heterocycles. The molecule has 1 amide bonds. The molecule has 1 saturated carbocycles. The Morgan fingerprint density at radius 2 is 1.72 bits per heavy atom. The van der Waals surface area contributed by atoms with E-state index in [1.54, 1.807) is 16.9 Å². The number of amides is 1. The summed E-state index contributed by atoms with van der Waals surface area (Å²) in [5, 5.41) is 12.1. The van der Waals surface area contributed by atoms with Gasteiger partial charge in [0.05, 0.1) is 28.7 Å². The zero-order valence-corrected chi connectivity index (χ0v) is 29.3. The van der Waals surface area contributed by atoms with E-state index in [0.717, 1.165) is 37.9 Å². The lowest BCUT2D eigenvalue weighted by molar-refractivity contribution is -0.218. The maximum Gasteiger partial charge on any atom is 0.395 e. The number of Topliss-reactive ketones (excluding diaryl/α,β-unsaturated/α-hetero) is 1. The van der Waals surface area contributed by atoms with Gasteiger partial charge in [0.25, 0.3) is 5.91 Å². The van der Waals surface area contributed by atoms with Crippen molar-refractivity contribution < 1.29 is 44.7 Å². The summed E-state index contributed by atoms with van der Waals surface area (Å²) in [4.78, 5) is 37.9. The summed E-state index contributed by atoms with van der Waals surface area (Å²) in [6.45, 7) is -1.38. The molecule has 54 heavy (non-hydrogen) atoms. The second-order valence-electron chi connectivity index (χ2n) is 13.9. The highest BCUT2D eigenvalue weighted by Crippen LogP contribution is 2.51. The van der Waals surface area contributed by atoms with E-state index >= 15 is 0 Å². The second kappa shape index (κ2) is 14.0. The van der Waals surface area contributed by atoms with Crippen molar-refractivity contribution in [2.75, 3.05) is 0 Å². The van der Waals surface area contributed by atoms with E-state index in [0.29, 0.717) is 11.3 Å². The number of guanidine groups is 1. The van der Waals surface area contributed by atoms with Gasteiger partial charge in [0.1, 0.15) is 24.2 Å². The van der Waals surface area contributed by atoms with Crippen molar-refractivity contribution in [2.45, 2.75) is 88.9 Å². The van der Waals surface area contributed by atoms with Gasteiger partial charge in [-0.1, -0.05) is 55.8 Å². The Labute approximate surface area is 307 Å². The van der Waals surface area contributed by atoms with Gasteiger partial charge in [-0.15, -0.1) is 0 Å². The van der Waals surface area contributed by atoms with Crippen LogP contribution in [0.25, 0.3) is 22.6 Å². The number of benzene rings is 2. The number of rotatable bonds is 13. The van der Waals surface area contributed by atoms with Crippen LogP contribution in [0.3, 0.4) is 0 Å². The summed E-state index contributed by atoms with van der Waals surface area (Å²) >= 11 is 6.35. The fraction of sp³-hybridized carbons (Fsp3) is 0.441. The Morgan fingerprint density at radius 3 is 2.33 bits per heavy atom. The quantitative estimate of drug-likeness (QED) is 0.136. The number of hydrogen-bond acceptors (Lipinski definition) is 8. The van der Waals surface area contributed by atoms with Crippen LogP contribution in [-0.2, 0) is 15.1 Å². The highest BCUT2D eigenvalue weighted by molar-refractivity contribution is 6.33. The van der Waals surface area contributed by atoms with Crippen LogP contribution < -0.4 is 5.73 Å². The molecule has 0 saturated heterocycles. The first-order chi connectivity index (χ1) is 25.2. The van der Waals surface area contributed by atoms with Crippen molar-refractivity contribution in [2.24, 2.45) is 16.1 Å². The number of nitrogens with two attached hydrogens (primary N) is 1. The molecule has 0 bridgehead atoms. The number of aromatic nitrogens is 6. The molecule has 0 radical (unpaired) electrons. The van der Waals surface area contributed by atoms with Crippen molar-refractivity contribution in [3.63, 3.8) is 0 Å². The molecule has 2 atom stereocenters. The van der Waals surface area contributed by atoms with Crippen LogP contribution >= 0.6 is 11.6 Å². The molecule has 1 aliphatic heterocycles. The molecular formula is C34H32ClF8N9O2. The minimum absolute atomic E-state index is 0.0161. The molecule has 0 spiro atoms. The van der Waals surface area contributed by atoms with Gasteiger partial charge >= 0.3 is 18.9 Å². The topological polar surface area (TPSA) is 137 Å². The third-order valence-corrected chi connectivity index (χ3v) is 9.74. The number of alkyl halides is 8. The van der Waals surface area contributed by atoms with Gasteiger partial charge in [-0.05, 0) is 48.9 Å². The van der Waals surface area contributed by atoms with Crippen LogP contribution in [0.4, 0.5) is 35.1 Å². The van der Waals surface area contributed by atoms with E-state index in [1.807, 2.05) is 0 Å². The molecule has 20 heteroatoms. The smallest absolute Gasteiger partial charge is 0.369 e. The number of ketones is 1. The van der Waals surface area contributed by atoms with Gasteiger partial charge in [-0.2, -0.15) is 59.9 Å². The van der Waals surface area contributed by atoms with E-state index in [1.165, 1.54) is 36.5 Å². The Bertz CT molecular complexity index is 2070. The van der Waals surface area contributed by atoms with Gasteiger partial charge in [-0.3, -0.25) is 14.5 Å². The fourth-order valence-electron chi connectivity index (χ4n) is 6.41. The Hall–Kier alpha value is -4.94. The number of halogens is 9. The van der Waals surface area contributed by atoms with Crippen LogP contribution in [0.1, 0.15) is 82.1 Å². The lowest BCUT2D eigenvalue weighted by Gasteiger charge is -2.37. The fourth-order valence-corrected chi connectivity index (χ4v) is 6.62. The summed E-state index contributed by atoms with van der Waals surface area (Å²) in [6, 6.07) is 8.42. The summed E-state index contributed by atoms with van der Waals surface area (Å²) < 4.78 is 111. The van der Waals surface area contributed by atoms with Crippen LogP contribution in [0, 0.1) is 5.41 Å². The van der Waals surface area contributed by atoms with Crippen LogP contribution in [-0.4, -0.2) is 64.7 Å². The maximum absolute atomic E-state index is 14.8. The molecule has 2 N–H and O–H groups in total. The predicted molar refractivity (Wildman–Crippen MR) is 178 cm³/mol. The average molecular weight is 786 g/mol. The first-order valence-electron chi connectivity index (χ1n) is 16.5. The van der Waals surface area contributed by atoms with E-state index in [2.05, 4.69) is 25.3 Å². The largest absolute Gasteiger partial charge is 0.395 e. The zero-order chi connectivity index (χ0) is 39.4. The molecule has 288 valence electrons. The summed E-state index contributed by atoms with van der Waals surface area (Å²) in [5.41, 5.74) is 2.46. The summed E-state index contributed by atoms with van der Waals surface area (Å²) in [7, 11) is 0. The van der Waals surface area contributed by atoms with Gasteiger partial charge < -0.3 is 5.73 Å². The Balaban J connectivity index is 1.44. The summed E-state index contributed by atoms with van der Waals surface area (Å²) in [6.07, 6.45) is -9.48. The van der Waals surface area contributed by atoms with Crippen LogP contribution in [0.15, 0.2) is 60.0 Å². The van der Waals surface area contributed by atoms with Gasteiger partial charge in [-0.25, -0.2) is 9.98 Å². The van der Waals surface area contributed by atoms with Gasteiger partial charge in [0.15, 0.2) is 17.3 Å². The molecular weight excluding hydrogens is 754 g/mol. The van der Waals surface area contributed by atoms with Crippen molar-refractivity contribution >= 4 is 29.3 Å². The maximum atomic E-state index is 14.8. The van der Waals surface area contributed by atoms with Crippen molar-refractivity contribution in [1.82, 2.24) is 34.7 Å². The number of carbonyl (C=O) groups excluding carboxylic acids is 2. The first-order valence-corrected chi connectivity index (χ1v) is 16.9. The van der Waals surface area contributed by atoms with Crippen molar-refractivity contribution in [3.8, 4) is 22.6 Å². The first kappa shape index (κ1) is 38.8. The lowest BCUT2D eigenvalue weighted by Crippen LogP contribution is -2.48. The molecule has 6 rings (SSSR count). The van der Waals surface area contributed by atoms with Crippen molar-refractivity contribution in [3.05, 3.63) is 71.1 Å². The van der Waals surface area contributed by atoms with Crippen molar-refractivity contribution in [1.29, 1.82) is 0 Å². The number of nitrogens with zero attached hydrogens (tertiary/aromatic N) is 8. The molecule has 2 aromatic carbocycles. The molecule has 2 aliphatic rings. The number of hydrogen-bond donors (Lipinski definition) is 1. The van der Waals surface area contributed by atoms with E-state index in [9.17, 15) is 44.7 Å². The SMILES string of the molecule is CC(C)(C[C@]1(c2ccc(-c3cnn(C4CC4)n3)cc2)N=C(N)N([C@H](CCC(=O)CC(F)(F)F)c2ccc(Cl)c(-c3ncnn3C(F)F)c2)C1=O)C(F)(F)F. The van der Waals surface area contributed by atoms with Gasteiger partial charge in [0, 0.05) is 17.5 Å². The third-order valence-electron chi connectivity index (χ3n) is 9.41. The number of carbonyl (C=O) groups is 2. The molecule has 4 aromatic rings. The Kier molecular flexibility index (Phi) is 10.1. The van der Waals surface area contributed by atoms with Crippen LogP contribution in [0.5, 0.6) is 0 Å². The summed E-state index contributed by atoms with van der Waals surface area (Å²) in [5.74, 6) is -3.31. The van der Waals surface area contributed by atoms with E-state index < -0.39 is 85.1 Å². The van der Waals surface area contributed by atoms with Gasteiger partial charge in [0.2, 0.25) is 0 Å². The highest BCUT2D eigenvalue weighted by Gasteiger charge is 2.59. The standard InChI is InChI=1S/C34H32ClF8N9O2/c1-31(2,34(41,42)43)16-32(20-6-3-18(4-7-20)25-15-46-52(49-25)21-8-9-21)28(54)50(30(44)48-32)26(12-10-22(53)14-33(38,39)40)19-5-11-24(35)23(13-19)27-45-17-47-51(27)29(36)37/h3-7,11,13,15,17,21,26,29H,8-10,12,14,16H2,1-2H3,(H2,44,48)/t26-,32-/m1/s1. The normalized spacial score (nSPS) is 18.8. The minimum atomic E-state index is -4.85. The average Bonchev–Trinajstić information content (AvgIpc) is 3.49. The molecule has 1 fully saturated rings. The molecule has 0 unspecified atom stereocenters. The van der Waals surface area contributed by atoms with E-state index in [4.69, 9.17) is 17.3 Å². The number of aliphatic imine (C=N–C) groups is 1. The molecule has 11 nitrogen and oxygen atoms in total. The third kappa shape index (κ3) is 7.67. The van der Waals surface area contributed by atoms with E-state index in [-0.39, 0.29) is 32.4 Å². The second-order valence-corrected chi connectivity index (χ2v) is 14.3.